The van der Waals surface area contributed by atoms with Crippen LogP contribution in [0.15, 0.2) is 0 Å². The molecule has 0 aromatic carbocycles. The largest absolute Gasteiger partial charge is 0.396 e. The predicted molar refractivity (Wildman–Crippen MR) is 62.8 cm³/mol. The van der Waals surface area contributed by atoms with E-state index < -0.39 is 0 Å². The number of aliphatic hydroxyl groups excluding tert-OH is 1. The number of hydrogen-bond donors (Lipinski definition) is 1. The molecule has 0 unspecified atom stereocenters. The van der Waals surface area contributed by atoms with E-state index in [1.165, 1.54) is 36.5 Å². The molecular formula is C10H21IO. The highest BCUT2D eigenvalue weighted by Crippen LogP contribution is 2.13. The Morgan fingerprint density at radius 3 is 2.33 bits per heavy atom. The van der Waals surface area contributed by atoms with Crippen LogP contribution in [0.1, 0.15) is 45.4 Å². The number of aliphatic hydroxyl groups is 1. The van der Waals surface area contributed by atoms with Crippen LogP contribution in [0, 0.1) is 5.92 Å². The maximum Gasteiger partial charge on any atom is 0.0433 e. The molecule has 74 valence electrons. The summed E-state index contributed by atoms with van der Waals surface area (Å²) in [6.07, 6.45) is 7.74. The minimum absolute atomic E-state index is 0.356. The molecule has 0 heterocycles. The molecule has 0 aliphatic carbocycles. The van der Waals surface area contributed by atoms with Crippen LogP contribution in [0.4, 0.5) is 0 Å². The van der Waals surface area contributed by atoms with Crippen LogP contribution in [0.5, 0.6) is 0 Å². The first kappa shape index (κ1) is 12.7. The van der Waals surface area contributed by atoms with Gasteiger partial charge in [-0.05, 0) is 23.2 Å². The lowest BCUT2D eigenvalue weighted by atomic mass is 10.00. The number of halogens is 1. The lowest BCUT2D eigenvalue weighted by Gasteiger charge is -2.08. The van der Waals surface area contributed by atoms with Crippen LogP contribution in [0.25, 0.3) is 0 Å². The van der Waals surface area contributed by atoms with Gasteiger partial charge >= 0.3 is 0 Å². The smallest absolute Gasteiger partial charge is 0.0433 e. The monoisotopic (exact) mass is 284 g/mol. The Morgan fingerprint density at radius 1 is 1.08 bits per heavy atom. The first-order chi connectivity index (χ1) is 5.81. The van der Waals surface area contributed by atoms with Gasteiger partial charge in [0.2, 0.25) is 0 Å². The second-order valence-corrected chi connectivity index (χ2v) is 4.59. The lowest BCUT2D eigenvalue weighted by Crippen LogP contribution is -1.97. The van der Waals surface area contributed by atoms with Crippen molar-refractivity contribution < 1.29 is 5.11 Å². The van der Waals surface area contributed by atoms with E-state index in [2.05, 4.69) is 29.5 Å². The van der Waals surface area contributed by atoms with Crippen LogP contribution in [-0.2, 0) is 0 Å². The Bertz CT molecular complexity index is 85.9. The molecule has 12 heavy (non-hydrogen) atoms. The Balaban J connectivity index is 2.97. The van der Waals surface area contributed by atoms with Gasteiger partial charge in [0.1, 0.15) is 0 Å². The van der Waals surface area contributed by atoms with Crippen molar-refractivity contribution in [3.8, 4) is 0 Å². The molecule has 0 aromatic heterocycles. The number of hydrogen-bond acceptors (Lipinski definition) is 1. The van der Waals surface area contributed by atoms with Crippen LogP contribution in [0.2, 0.25) is 0 Å². The van der Waals surface area contributed by atoms with Gasteiger partial charge in [-0.15, -0.1) is 0 Å². The first-order valence-corrected chi connectivity index (χ1v) is 6.50. The molecule has 1 atom stereocenters. The summed E-state index contributed by atoms with van der Waals surface area (Å²) in [6, 6.07) is 0. The Hall–Kier alpha value is 0.690. The van der Waals surface area contributed by atoms with Crippen molar-refractivity contribution in [2.75, 3.05) is 11.0 Å². The minimum atomic E-state index is 0.356. The Kier molecular flexibility index (Phi) is 10.3. The SMILES string of the molecule is C[C@H](CCO)CCCCCCI. The van der Waals surface area contributed by atoms with Gasteiger partial charge in [-0.1, -0.05) is 55.2 Å². The second-order valence-electron chi connectivity index (χ2n) is 3.51. The molecule has 0 saturated heterocycles. The third-order valence-corrected chi connectivity index (χ3v) is 2.97. The fraction of sp³-hybridized carbons (Fsp3) is 1.00. The van der Waals surface area contributed by atoms with Gasteiger partial charge in [0, 0.05) is 6.61 Å². The van der Waals surface area contributed by atoms with Crippen molar-refractivity contribution in [1.29, 1.82) is 0 Å². The zero-order valence-electron chi connectivity index (χ0n) is 8.06. The van der Waals surface area contributed by atoms with Crippen LogP contribution in [-0.4, -0.2) is 16.1 Å². The summed E-state index contributed by atoms with van der Waals surface area (Å²) in [4.78, 5) is 0. The van der Waals surface area contributed by atoms with Gasteiger partial charge in [-0.3, -0.25) is 0 Å². The fourth-order valence-electron chi connectivity index (χ4n) is 1.31. The molecule has 0 aromatic rings. The highest BCUT2D eigenvalue weighted by molar-refractivity contribution is 14.1. The maximum atomic E-state index is 8.68. The zero-order chi connectivity index (χ0) is 9.23. The predicted octanol–water partition coefficient (Wildman–Crippen LogP) is 3.39. The second kappa shape index (κ2) is 9.78. The average molecular weight is 284 g/mol. The highest BCUT2D eigenvalue weighted by Gasteiger charge is 1.99. The van der Waals surface area contributed by atoms with E-state index in [1.54, 1.807) is 0 Å². The topological polar surface area (TPSA) is 20.2 Å². The summed E-state index contributed by atoms with van der Waals surface area (Å²) < 4.78 is 1.30. The van der Waals surface area contributed by atoms with Crippen LogP contribution >= 0.6 is 22.6 Å². The molecule has 0 amide bonds. The fourth-order valence-corrected chi connectivity index (χ4v) is 1.84. The zero-order valence-corrected chi connectivity index (χ0v) is 10.2. The summed E-state index contributed by atoms with van der Waals surface area (Å²) in [5, 5.41) is 8.68. The lowest BCUT2D eigenvalue weighted by molar-refractivity contribution is 0.256. The van der Waals surface area contributed by atoms with Gasteiger partial charge in [-0.2, -0.15) is 0 Å². The van der Waals surface area contributed by atoms with Gasteiger partial charge < -0.3 is 5.11 Å². The van der Waals surface area contributed by atoms with Gasteiger partial charge in [0.25, 0.3) is 0 Å². The molecule has 0 bridgehead atoms. The Morgan fingerprint density at radius 2 is 1.75 bits per heavy atom. The molecule has 0 aliphatic rings. The average Bonchev–Trinajstić information content (AvgIpc) is 2.05. The van der Waals surface area contributed by atoms with Crippen LogP contribution < -0.4 is 0 Å². The van der Waals surface area contributed by atoms with Gasteiger partial charge in [0.15, 0.2) is 0 Å². The van der Waals surface area contributed by atoms with Crippen molar-refractivity contribution in [3.63, 3.8) is 0 Å². The van der Waals surface area contributed by atoms with E-state index in [-0.39, 0.29) is 0 Å². The standard InChI is InChI=1S/C10H21IO/c1-10(7-9-12)6-4-2-3-5-8-11/h10,12H,2-9H2,1H3/t10-/m0/s1. The number of alkyl halides is 1. The minimum Gasteiger partial charge on any atom is -0.396 e. The van der Waals surface area contributed by atoms with Gasteiger partial charge in [0.05, 0.1) is 0 Å². The normalized spacial score (nSPS) is 13.2. The van der Waals surface area contributed by atoms with E-state index >= 15 is 0 Å². The summed E-state index contributed by atoms with van der Waals surface area (Å²) >= 11 is 2.43. The molecule has 1 N–H and O–H groups in total. The highest BCUT2D eigenvalue weighted by atomic mass is 127. The Labute approximate surface area is 90.1 Å². The van der Waals surface area contributed by atoms with Crippen molar-refractivity contribution in [2.24, 2.45) is 5.92 Å². The number of unbranched alkanes of at least 4 members (excludes halogenated alkanes) is 3. The van der Waals surface area contributed by atoms with Crippen molar-refractivity contribution in [3.05, 3.63) is 0 Å². The summed E-state index contributed by atoms with van der Waals surface area (Å²) in [6.45, 7) is 2.59. The molecule has 0 rings (SSSR count). The summed E-state index contributed by atoms with van der Waals surface area (Å²) in [5.41, 5.74) is 0. The third kappa shape index (κ3) is 8.78. The van der Waals surface area contributed by atoms with Crippen LogP contribution in [0.3, 0.4) is 0 Å². The molecule has 0 saturated carbocycles. The first-order valence-electron chi connectivity index (χ1n) is 4.98. The van der Waals surface area contributed by atoms with E-state index in [9.17, 15) is 0 Å². The van der Waals surface area contributed by atoms with Crippen molar-refractivity contribution in [2.45, 2.75) is 45.4 Å². The molecule has 0 radical (unpaired) electrons. The maximum absolute atomic E-state index is 8.68. The van der Waals surface area contributed by atoms with E-state index in [0.29, 0.717) is 6.61 Å². The van der Waals surface area contributed by atoms with Crippen molar-refractivity contribution in [1.82, 2.24) is 0 Å². The third-order valence-electron chi connectivity index (χ3n) is 2.20. The summed E-state index contributed by atoms with van der Waals surface area (Å²) in [7, 11) is 0. The molecule has 0 fully saturated rings. The molecule has 0 spiro atoms. The summed E-state index contributed by atoms with van der Waals surface area (Å²) in [5.74, 6) is 0.717. The van der Waals surface area contributed by atoms with E-state index in [0.717, 1.165) is 12.3 Å². The molecule has 1 nitrogen and oxygen atoms in total. The van der Waals surface area contributed by atoms with E-state index in [4.69, 9.17) is 5.11 Å². The molecule has 2 heteroatoms. The quantitative estimate of drug-likeness (QED) is 0.411. The molecule has 0 aliphatic heterocycles. The van der Waals surface area contributed by atoms with Crippen molar-refractivity contribution >= 4 is 22.6 Å². The number of rotatable bonds is 8. The van der Waals surface area contributed by atoms with E-state index in [1.807, 2.05) is 0 Å². The van der Waals surface area contributed by atoms with Gasteiger partial charge in [-0.25, -0.2) is 0 Å². The molecular weight excluding hydrogens is 263 g/mol.